The molecule has 0 bridgehead atoms. The number of carbonyl (C=O) groups is 1. The topological polar surface area (TPSA) is 56.2 Å². The van der Waals surface area contributed by atoms with Crippen molar-refractivity contribution in [1.29, 1.82) is 0 Å². The van der Waals surface area contributed by atoms with Gasteiger partial charge in [0.05, 0.1) is 18.8 Å². The van der Waals surface area contributed by atoms with Crippen LogP contribution in [0.5, 0.6) is 5.75 Å². The number of hydrogen-bond donors (Lipinski definition) is 1. The Hall–Kier alpha value is -3.08. The van der Waals surface area contributed by atoms with Gasteiger partial charge >= 0.3 is 0 Å². The molecule has 0 fully saturated rings. The lowest BCUT2D eigenvalue weighted by Crippen LogP contribution is -2.27. The lowest BCUT2D eigenvalue weighted by atomic mass is 10.1. The number of aromatic nitrogens is 2. The van der Waals surface area contributed by atoms with Gasteiger partial charge in [-0.2, -0.15) is 5.10 Å². The van der Waals surface area contributed by atoms with E-state index in [1.807, 2.05) is 63.2 Å². The monoisotopic (exact) mass is 349 g/mol. The number of nitrogens with one attached hydrogen (secondary N) is 1. The first-order chi connectivity index (χ1) is 12.5. The molecule has 1 heterocycles. The molecule has 0 saturated heterocycles. The molecule has 1 N–H and O–H groups in total. The Labute approximate surface area is 153 Å². The van der Waals surface area contributed by atoms with Crippen LogP contribution in [0, 0.1) is 13.8 Å². The van der Waals surface area contributed by atoms with Gasteiger partial charge in [0.2, 0.25) is 0 Å². The molecule has 1 atom stereocenters. The van der Waals surface area contributed by atoms with E-state index in [4.69, 9.17) is 4.74 Å². The minimum Gasteiger partial charge on any atom is -0.497 e. The standard InChI is InChI=1S/C21H23N3O2/c1-14-6-5-7-17(12-14)16(3)22-21(25)20-13-15(2)24(23-20)18-8-10-19(26-4)11-9-18/h5-13,16H,1-4H3,(H,22,25). The summed E-state index contributed by atoms with van der Waals surface area (Å²) in [4.78, 5) is 12.6. The van der Waals surface area contributed by atoms with Gasteiger partial charge in [-0.15, -0.1) is 0 Å². The number of ether oxygens (including phenoxy) is 1. The second-order valence-electron chi connectivity index (χ2n) is 6.39. The van der Waals surface area contributed by atoms with Crippen LogP contribution in [0.3, 0.4) is 0 Å². The highest BCUT2D eigenvalue weighted by molar-refractivity contribution is 5.92. The average Bonchev–Trinajstić information content (AvgIpc) is 3.03. The normalized spacial score (nSPS) is 11.8. The van der Waals surface area contributed by atoms with Crippen molar-refractivity contribution in [2.75, 3.05) is 7.11 Å². The molecule has 134 valence electrons. The van der Waals surface area contributed by atoms with Crippen LogP contribution in [0.15, 0.2) is 54.6 Å². The molecule has 0 aliphatic heterocycles. The number of rotatable bonds is 5. The van der Waals surface area contributed by atoms with Crippen LogP contribution in [0.1, 0.15) is 40.3 Å². The number of benzene rings is 2. The molecule has 2 aromatic carbocycles. The molecule has 5 nitrogen and oxygen atoms in total. The first kappa shape index (κ1) is 17.7. The third-order valence-corrected chi connectivity index (χ3v) is 4.33. The Balaban J connectivity index is 1.78. The molecule has 0 spiro atoms. The Morgan fingerprint density at radius 3 is 2.50 bits per heavy atom. The van der Waals surface area contributed by atoms with Crippen molar-refractivity contribution in [1.82, 2.24) is 15.1 Å². The van der Waals surface area contributed by atoms with Gasteiger partial charge < -0.3 is 10.1 Å². The molecule has 5 heteroatoms. The maximum absolute atomic E-state index is 12.6. The summed E-state index contributed by atoms with van der Waals surface area (Å²) in [6, 6.07) is 17.4. The summed E-state index contributed by atoms with van der Waals surface area (Å²) >= 11 is 0. The number of methoxy groups -OCH3 is 1. The zero-order chi connectivity index (χ0) is 18.7. The van der Waals surface area contributed by atoms with Crippen molar-refractivity contribution in [3.63, 3.8) is 0 Å². The van der Waals surface area contributed by atoms with Crippen LogP contribution in [0.2, 0.25) is 0 Å². The molecule has 1 aromatic heterocycles. The van der Waals surface area contributed by atoms with Crippen molar-refractivity contribution in [2.45, 2.75) is 26.8 Å². The van der Waals surface area contributed by atoms with Gasteiger partial charge in [-0.25, -0.2) is 4.68 Å². The summed E-state index contributed by atoms with van der Waals surface area (Å²) in [6.07, 6.45) is 0. The van der Waals surface area contributed by atoms with Gasteiger partial charge in [-0.3, -0.25) is 4.79 Å². The van der Waals surface area contributed by atoms with Crippen molar-refractivity contribution >= 4 is 5.91 Å². The quantitative estimate of drug-likeness (QED) is 0.758. The largest absolute Gasteiger partial charge is 0.497 e. The van der Waals surface area contributed by atoms with Gasteiger partial charge in [0.15, 0.2) is 5.69 Å². The SMILES string of the molecule is COc1ccc(-n2nc(C(=O)NC(C)c3cccc(C)c3)cc2C)cc1. The van der Waals surface area contributed by atoms with Crippen LogP contribution in [0.4, 0.5) is 0 Å². The summed E-state index contributed by atoms with van der Waals surface area (Å²) < 4.78 is 6.93. The van der Waals surface area contributed by atoms with E-state index in [-0.39, 0.29) is 11.9 Å². The second-order valence-corrected chi connectivity index (χ2v) is 6.39. The summed E-state index contributed by atoms with van der Waals surface area (Å²) in [7, 11) is 1.63. The number of carbonyl (C=O) groups excluding carboxylic acids is 1. The highest BCUT2D eigenvalue weighted by Crippen LogP contribution is 2.18. The van der Waals surface area contributed by atoms with E-state index in [0.717, 1.165) is 22.7 Å². The summed E-state index contributed by atoms with van der Waals surface area (Å²) in [5.74, 6) is 0.595. The number of amides is 1. The number of nitrogens with zero attached hydrogens (tertiary/aromatic N) is 2. The maximum Gasteiger partial charge on any atom is 0.272 e. The van der Waals surface area contributed by atoms with Gasteiger partial charge in [0.1, 0.15) is 5.75 Å². The van der Waals surface area contributed by atoms with E-state index >= 15 is 0 Å². The number of aryl methyl sites for hydroxylation is 2. The summed E-state index contributed by atoms with van der Waals surface area (Å²) in [5.41, 5.74) is 4.42. The van der Waals surface area contributed by atoms with Crippen LogP contribution in [-0.2, 0) is 0 Å². The Bertz CT molecular complexity index is 913. The number of hydrogen-bond acceptors (Lipinski definition) is 3. The molecule has 1 unspecified atom stereocenters. The fourth-order valence-electron chi connectivity index (χ4n) is 2.86. The lowest BCUT2D eigenvalue weighted by Gasteiger charge is -2.14. The smallest absolute Gasteiger partial charge is 0.272 e. The van der Waals surface area contributed by atoms with E-state index in [1.165, 1.54) is 5.56 Å². The minimum atomic E-state index is -0.186. The Kier molecular flexibility index (Phi) is 5.07. The molecule has 3 rings (SSSR count). The van der Waals surface area contributed by atoms with Gasteiger partial charge in [0.25, 0.3) is 5.91 Å². The summed E-state index contributed by atoms with van der Waals surface area (Å²) in [6.45, 7) is 5.94. The van der Waals surface area contributed by atoms with E-state index in [1.54, 1.807) is 17.9 Å². The molecule has 3 aromatic rings. The molecular weight excluding hydrogens is 326 g/mol. The Morgan fingerprint density at radius 2 is 1.85 bits per heavy atom. The third kappa shape index (κ3) is 3.77. The van der Waals surface area contributed by atoms with E-state index < -0.39 is 0 Å². The molecule has 0 aliphatic carbocycles. The molecule has 26 heavy (non-hydrogen) atoms. The zero-order valence-electron chi connectivity index (χ0n) is 15.5. The van der Waals surface area contributed by atoms with Gasteiger partial charge in [-0.1, -0.05) is 29.8 Å². The van der Waals surface area contributed by atoms with Gasteiger partial charge in [-0.05, 0) is 56.7 Å². The van der Waals surface area contributed by atoms with E-state index in [0.29, 0.717) is 5.69 Å². The van der Waals surface area contributed by atoms with Crippen molar-refractivity contribution in [3.05, 3.63) is 77.1 Å². The molecule has 0 saturated carbocycles. The molecule has 0 radical (unpaired) electrons. The van der Waals surface area contributed by atoms with E-state index in [9.17, 15) is 4.79 Å². The Morgan fingerprint density at radius 1 is 1.12 bits per heavy atom. The fourth-order valence-corrected chi connectivity index (χ4v) is 2.86. The predicted octanol–water partition coefficient (Wildman–Crippen LogP) is 3.99. The van der Waals surface area contributed by atoms with Crippen molar-refractivity contribution in [3.8, 4) is 11.4 Å². The first-order valence-corrected chi connectivity index (χ1v) is 8.56. The van der Waals surface area contributed by atoms with Crippen molar-refractivity contribution in [2.24, 2.45) is 0 Å². The first-order valence-electron chi connectivity index (χ1n) is 8.56. The van der Waals surface area contributed by atoms with Crippen molar-refractivity contribution < 1.29 is 9.53 Å². The molecular formula is C21H23N3O2. The van der Waals surface area contributed by atoms with Gasteiger partial charge in [0, 0.05) is 5.69 Å². The average molecular weight is 349 g/mol. The molecule has 1 amide bonds. The maximum atomic E-state index is 12.6. The predicted molar refractivity (Wildman–Crippen MR) is 102 cm³/mol. The van der Waals surface area contributed by atoms with Crippen LogP contribution < -0.4 is 10.1 Å². The molecule has 0 aliphatic rings. The third-order valence-electron chi connectivity index (χ3n) is 4.33. The van der Waals surface area contributed by atoms with Crippen LogP contribution in [-0.4, -0.2) is 22.8 Å². The zero-order valence-corrected chi connectivity index (χ0v) is 15.5. The van der Waals surface area contributed by atoms with Crippen LogP contribution in [0.25, 0.3) is 5.69 Å². The van der Waals surface area contributed by atoms with Crippen LogP contribution >= 0.6 is 0 Å². The second kappa shape index (κ2) is 7.44. The summed E-state index contributed by atoms with van der Waals surface area (Å²) in [5, 5.41) is 7.48. The minimum absolute atomic E-state index is 0.0890. The lowest BCUT2D eigenvalue weighted by molar-refractivity contribution is 0.0934. The fraction of sp³-hybridized carbons (Fsp3) is 0.238. The highest BCUT2D eigenvalue weighted by Gasteiger charge is 2.16. The van der Waals surface area contributed by atoms with E-state index in [2.05, 4.69) is 16.5 Å². The highest BCUT2D eigenvalue weighted by atomic mass is 16.5.